The molecule has 118 valence electrons. The van der Waals surface area contributed by atoms with Crippen molar-refractivity contribution in [2.75, 3.05) is 0 Å². The van der Waals surface area contributed by atoms with Crippen molar-refractivity contribution in [1.82, 2.24) is 4.72 Å². The van der Waals surface area contributed by atoms with Crippen LogP contribution in [0.3, 0.4) is 0 Å². The van der Waals surface area contributed by atoms with E-state index in [0.29, 0.717) is 16.5 Å². The van der Waals surface area contributed by atoms with Crippen molar-refractivity contribution >= 4 is 21.6 Å². The predicted molar refractivity (Wildman–Crippen MR) is 85.7 cm³/mol. The zero-order valence-electron chi connectivity index (χ0n) is 12.3. The minimum absolute atomic E-state index is 0.0331. The number of benzene rings is 1. The van der Waals surface area contributed by atoms with E-state index >= 15 is 0 Å². The number of halogens is 1. The molecule has 0 heterocycles. The summed E-state index contributed by atoms with van der Waals surface area (Å²) in [5.41, 5.74) is 6.24. The van der Waals surface area contributed by atoms with Gasteiger partial charge in [-0.1, -0.05) is 37.8 Å². The number of nitrogens with two attached hydrogens (primary N) is 1. The Labute approximate surface area is 132 Å². The Morgan fingerprint density at radius 1 is 1.33 bits per heavy atom. The molecule has 0 radical (unpaired) electrons. The van der Waals surface area contributed by atoms with Crippen LogP contribution in [-0.2, 0) is 16.6 Å². The van der Waals surface area contributed by atoms with Crippen LogP contribution in [0, 0.1) is 5.92 Å². The zero-order chi connectivity index (χ0) is 15.5. The summed E-state index contributed by atoms with van der Waals surface area (Å²) in [6.45, 7) is 2.34. The lowest BCUT2D eigenvalue weighted by molar-refractivity contribution is 0.282. The minimum Gasteiger partial charge on any atom is -0.326 e. The van der Waals surface area contributed by atoms with Crippen LogP contribution < -0.4 is 10.5 Å². The molecule has 0 bridgehead atoms. The largest absolute Gasteiger partial charge is 0.326 e. The van der Waals surface area contributed by atoms with Crippen molar-refractivity contribution in [3.8, 4) is 0 Å². The van der Waals surface area contributed by atoms with Crippen LogP contribution in [0.25, 0.3) is 0 Å². The molecule has 3 N–H and O–H groups in total. The molecule has 0 amide bonds. The third-order valence-corrected chi connectivity index (χ3v) is 6.14. The molecule has 0 spiro atoms. The third-order valence-electron chi connectivity index (χ3n) is 4.29. The normalized spacial score (nSPS) is 23.2. The van der Waals surface area contributed by atoms with E-state index in [4.69, 9.17) is 17.3 Å². The van der Waals surface area contributed by atoms with E-state index in [1.165, 1.54) is 12.5 Å². The van der Waals surface area contributed by atoms with E-state index in [1.807, 2.05) is 0 Å². The van der Waals surface area contributed by atoms with Crippen molar-refractivity contribution in [2.45, 2.75) is 56.5 Å². The van der Waals surface area contributed by atoms with E-state index in [1.54, 1.807) is 12.1 Å². The summed E-state index contributed by atoms with van der Waals surface area (Å²) in [5.74, 6) is 0.426. The SMILES string of the molecule is CCC1CCCCC1NS(=O)(=O)c1ccc(Cl)c(CN)c1. The Morgan fingerprint density at radius 3 is 2.71 bits per heavy atom. The van der Waals surface area contributed by atoms with E-state index in [2.05, 4.69) is 11.6 Å². The summed E-state index contributed by atoms with van der Waals surface area (Å²) in [5, 5.41) is 0.501. The highest BCUT2D eigenvalue weighted by atomic mass is 35.5. The Hall–Kier alpha value is -0.620. The average molecular weight is 331 g/mol. The summed E-state index contributed by atoms with van der Waals surface area (Å²) in [6.07, 6.45) is 5.28. The molecule has 1 fully saturated rings. The van der Waals surface area contributed by atoms with Crippen LogP contribution in [0.5, 0.6) is 0 Å². The van der Waals surface area contributed by atoms with Gasteiger partial charge in [0.15, 0.2) is 0 Å². The lowest BCUT2D eigenvalue weighted by Crippen LogP contribution is -2.41. The minimum atomic E-state index is -3.52. The second kappa shape index (κ2) is 7.09. The maximum atomic E-state index is 12.5. The molecule has 2 rings (SSSR count). The average Bonchev–Trinajstić information content (AvgIpc) is 2.47. The van der Waals surface area contributed by atoms with Gasteiger partial charge in [0.05, 0.1) is 4.90 Å². The molecular weight excluding hydrogens is 308 g/mol. The summed E-state index contributed by atoms with van der Waals surface area (Å²) < 4.78 is 28.0. The molecule has 6 heteroatoms. The number of hydrogen-bond acceptors (Lipinski definition) is 3. The van der Waals surface area contributed by atoms with Crippen LogP contribution in [0.2, 0.25) is 5.02 Å². The summed E-state index contributed by atoms with van der Waals surface area (Å²) in [4.78, 5) is 0.243. The molecule has 1 aliphatic carbocycles. The van der Waals surface area contributed by atoms with Crippen molar-refractivity contribution in [3.05, 3.63) is 28.8 Å². The van der Waals surface area contributed by atoms with Crippen LogP contribution in [0.1, 0.15) is 44.6 Å². The summed E-state index contributed by atoms with van der Waals surface area (Å²) in [7, 11) is -3.52. The highest BCUT2D eigenvalue weighted by molar-refractivity contribution is 7.89. The number of rotatable bonds is 5. The van der Waals surface area contributed by atoms with Crippen LogP contribution in [0.15, 0.2) is 23.1 Å². The second-order valence-electron chi connectivity index (χ2n) is 5.64. The predicted octanol–water partition coefficient (Wildman–Crippen LogP) is 3.05. The first-order valence-corrected chi connectivity index (χ1v) is 9.35. The van der Waals surface area contributed by atoms with E-state index in [9.17, 15) is 8.42 Å². The number of hydrogen-bond donors (Lipinski definition) is 2. The van der Waals surface area contributed by atoms with Crippen molar-refractivity contribution in [3.63, 3.8) is 0 Å². The maximum Gasteiger partial charge on any atom is 0.240 e. The van der Waals surface area contributed by atoms with E-state index < -0.39 is 10.0 Å². The van der Waals surface area contributed by atoms with Gasteiger partial charge in [-0.05, 0) is 42.5 Å². The smallest absolute Gasteiger partial charge is 0.240 e. The van der Waals surface area contributed by atoms with Gasteiger partial charge in [-0.3, -0.25) is 0 Å². The van der Waals surface area contributed by atoms with Gasteiger partial charge in [0.25, 0.3) is 0 Å². The molecule has 2 unspecified atom stereocenters. The molecule has 1 aromatic carbocycles. The maximum absolute atomic E-state index is 12.5. The molecule has 0 aromatic heterocycles. The third kappa shape index (κ3) is 3.97. The topological polar surface area (TPSA) is 72.2 Å². The highest BCUT2D eigenvalue weighted by Crippen LogP contribution is 2.28. The number of nitrogens with one attached hydrogen (secondary N) is 1. The first-order chi connectivity index (χ1) is 9.97. The summed E-state index contributed by atoms with van der Waals surface area (Å²) >= 11 is 5.99. The molecule has 4 nitrogen and oxygen atoms in total. The number of sulfonamides is 1. The lowest BCUT2D eigenvalue weighted by atomic mass is 9.83. The first-order valence-electron chi connectivity index (χ1n) is 7.48. The Balaban J connectivity index is 2.21. The van der Waals surface area contributed by atoms with Gasteiger partial charge in [0, 0.05) is 17.6 Å². The fourth-order valence-corrected chi connectivity index (χ4v) is 4.58. The standard InChI is InChI=1S/C15H23ClN2O2S/c1-2-11-5-3-4-6-15(11)18-21(19,20)13-7-8-14(16)12(9-13)10-17/h7-9,11,15,18H,2-6,10,17H2,1H3. The molecule has 2 atom stereocenters. The van der Waals surface area contributed by atoms with Crippen molar-refractivity contribution < 1.29 is 8.42 Å². The molecule has 1 aromatic rings. The first kappa shape index (κ1) is 16.7. The van der Waals surface area contributed by atoms with Crippen LogP contribution in [0.4, 0.5) is 0 Å². The lowest BCUT2D eigenvalue weighted by Gasteiger charge is -2.31. The van der Waals surface area contributed by atoms with Gasteiger partial charge in [0.1, 0.15) is 0 Å². The fourth-order valence-electron chi connectivity index (χ4n) is 2.99. The van der Waals surface area contributed by atoms with Gasteiger partial charge in [-0.25, -0.2) is 13.1 Å². The molecule has 21 heavy (non-hydrogen) atoms. The van der Waals surface area contributed by atoms with E-state index in [-0.39, 0.29) is 17.5 Å². The highest BCUT2D eigenvalue weighted by Gasteiger charge is 2.28. The molecule has 1 saturated carbocycles. The van der Waals surface area contributed by atoms with Gasteiger partial charge in [-0.15, -0.1) is 0 Å². The Morgan fingerprint density at radius 2 is 2.05 bits per heavy atom. The zero-order valence-corrected chi connectivity index (χ0v) is 13.9. The Kier molecular flexibility index (Phi) is 5.66. The van der Waals surface area contributed by atoms with Crippen LogP contribution in [-0.4, -0.2) is 14.5 Å². The van der Waals surface area contributed by atoms with Gasteiger partial charge >= 0.3 is 0 Å². The van der Waals surface area contributed by atoms with Crippen LogP contribution >= 0.6 is 11.6 Å². The quantitative estimate of drug-likeness (QED) is 0.871. The molecule has 0 aliphatic heterocycles. The van der Waals surface area contributed by atoms with Gasteiger partial charge < -0.3 is 5.73 Å². The molecule has 0 saturated heterocycles. The van der Waals surface area contributed by atoms with Crippen molar-refractivity contribution in [1.29, 1.82) is 0 Å². The Bertz CT molecular complexity index is 589. The summed E-state index contributed by atoms with van der Waals surface area (Å²) in [6, 6.07) is 4.73. The van der Waals surface area contributed by atoms with Gasteiger partial charge in [-0.2, -0.15) is 0 Å². The van der Waals surface area contributed by atoms with Gasteiger partial charge in [0.2, 0.25) is 10.0 Å². The molecule has 1 aliphatic rings. The van der Waals surface area contributed by atoms with E-state index in [0.717, 1.165) is 25.7 Å². The fraction of sp³-hybridized carbons (Fsp3) is 0.600. The van der Waals surface area contributed by atoms with Crippen molar-refractivity contribution in [2.24, 2.45) is 11.7 Å². The monoisotopic (exact) mass is 330 g/mol. The molecular formula is C15H23ClN2O2S. The second-order valence-corrected chi connectivity index (χ2v) is 7.76.